The largest absolute Gasteiger partial charge is 0.385 e. The van der Waals surface area contributed by atoms with Crippen LogP contribution in [0.15, 0.2) is 34.2 Å². The number of guanidine groups is 1. The van der Waals surface area contributed by atoms with Gasteiger partial charge in [0.25, 0.3) is 0 Å². The number of halogens is 1. The Labute approximate surface area is 162 Å². The van der Waals surface area contributed by atoms with Gasteiger partial charge in [-0.05, 0) is 37.5 Å². The number of ether oxygens (including phenoxy) is 1. The third-order valence-corrected chi connectivity index (χ3v) is 4.31. The molecular weight excluding hydrogens is 441 g/mol. The summed E-state index contributed by atoms with van der Waals surface area (Å²) in [5.74, 6) is 0.788. The van der Waals surface area contributed by atoms with Crippen molar-refractivity contribution in [2.75, 3.05) is 39.6 Å². The Bertz CT molecular complexity index is 589. The highest BCUT2D eigenvalue weighted by molar-refractivity contribution is 14.0. The number of hydrogen-bond acceptors (Lipinski definition) is 4. The minimum Gasteiger partial charge on any atom is -0.385 e. The number of benzene rings is 1. The second kappa shape index (κ2) is 12.5. The van der Waals surface area contributed by atoms with Crippen molar-refractivity contribution >= 4 is 39.8 Å². The fraction of sp³-hybridized carbons (Fsp3) is 0.562. The molecule has 0 aliphatic rings. The predicted molar refractivity (Wildman–Crippen MR) is 109 cm³/mol. The molecule has 1 aromatic carbocycles. The molecule has 0 saturated carbocycles. The molecule has 0 spiro atoms. The Morgan fingerprint density at radius 1 is 1.21 bits per heavy atom. The van der Waals surface area contributed by atoms with E-state index in [1.807, 2.05) is 19.1 Å². The average molecular weight is 469 g/mol. The Hall–Kier alpha value is -0.870. The highest BCUT2D eigenvalue weighted by Crippen LogP contribution is 2.10. The normalized spacial score (nSPS) is 11.7. The number of nitrogens with zero attached hydrogens (tertiary/aromatic N) is 1. The second-order valence-corrected chi connectivity index (χ2v) is 7.22. The van der Waals surface area contributed by atoms with E-state index in [-0.39, 0.29) is 24.0 Å². The van der Waals surface area contributed by atoms with Gasteiger partial charge in [-0.25, -0.2) is 8.42 Å². The van der Waals surface area contributed by atoms with Gasteiger partial charge < -0.3 is 15.4 Å². The van der Waals surface area contributed by atoms with Gasteiger partial charge in [-0.3, -0.25) is 4.99 Å². The summed E-state index contributed by atoms with van der Waals surface area (Å²) in [7, 11) is -1.45. The van der Waals surface area contributed by atoms with Crippen LogP contribution in [-0.2, 0) is 21.0 Å². The number of methoxy groups -OCH3 is 1. The monoisotopic (exact) mass is 469 g/mol. The number of aliphatic imine (C=N–C) groups is 1. The van der Waals surface area contributed by atoms with Gasteiger partial charge in [0.1, 0.15) is 0 Å². The van der Waals surface area contributed by atoms with Crippen LogP contribution in [-0.4, -0.2) is 54.0 Å². The zero-order valence-corrected chi connectivity index (χ0v) is 17.7. The van der Waals surface area contributed by atoms with Gasteiger partial charge in [0.15, 0.2) is 15.8 Å². The predicted octanol–water partition coefficient (Wildman–Crippen LogP) is 1.84. The van der Waals surface area contributed by atoms with E-state index in [0.29, 0.717) is 18.0 Å². The first-order valence-corrected chi connectivity index (χ1v) is 9.66. The summed E-state index contributed by atoms with van der Waals surface area (Å²) < 4.78 is 27.8. The molecule has 0 unspecified atom stereocenters. The maximum absolute atomic E-state index is 11.4. The molecule has 0 bridgehead atoms. The summed E-state index contributed by atoms with van der Waals surface area (Å²) in [5.41, 5.74) is 1.08. The van der Waals surface area contributed by atoms with E-state index in [4.69, 9.17) is 4.74 Å². The number of nitrogens with one attached hydrogen (secondary N) is 2. The molecule has 0 aliphatic carbocycles. The fourth-order valence-corrected chi connectivity index (χ4v) is 2.60. The number of rotatable bonds is 9. The van der Waals surface area contributed by atoms with Crippen LogP contribution in [0.3, 0.4) is 0 Å². The van der Waals surface area contributed by atoms with Crippen molar-refractivity contribution in [3.8, 4) is 0 Å². The summed E-state index contributed by atoms with van der Waals surface area (Å²) in [6, 6.07) is 6.99. The number of sulfone groups is 1. The maximum atomic E-state index is 11.4. The second-order valence-electron chi connectivity index (χ2n) is 5.20. The summed E-state index contributed by atoms with van der Waals surface area (Å²) in [6.07, 6.45) is 2.90. The van der Waals surface area contributed by atoms with E-state index in [1.54, 1.807) is 19.2 Å². The van der Waals surface area contributed by atoms with Crippen molar-refractivity contribution in [1.29, 1.82) is 0 Å². The molecule has 2 N–H and O–H groups in total. The molecule has 24 heavy (non-hydrogen) atoms. The van der Waals surface area contributed by atoms with Crippen molar-refractivity contribution in [2.24, 2.45) is 4.99 Å². The Morgan fingerprint density at radius 3 is 2.42 bits per heavy atom. The van der Waals surface area contributed by atoms with Crippen molar-refractivity contribution in [3.05, 3.63) is 29.8 Å². The van der Waals surface area contributed by atoms with Crippen molar-refractivity contribution in [3.63, 3.8) is 0 Å². The zero-order valence-electron chi connectivity index (χ0n) is 14.5. The minimum absolute atomic E-state index is 0. The fourth-order valence-electron chi connectivity index (χ4n) is 1.97. The number of hydrogen-bond donors (Lipinski definition) is 2. The zero-order chi connectivity index (χ0) is 17.1. The first-order valence-electron chi connectivity index (χ1n) is 7.77. The third kappa shape index (κ3) is 9.43. The molecular formula is C16H28IN3O3S. The highest BCUT2D eigenvalue weighted by Gasteiger charge is 2.06. The molecule has 0 saturated heterocycles. The standard InChI is InChI=1S/C16H27N3O3S.HI/c1-4-17-16(18-11-5-13-22-2)19-12-10-14-6-8-15(9-7-14)23(3,20)21;/h6-9H,4-5,10-13H2,1-3H3,(H2,17,18,19);1H. The lowest BCUT2D eigenvalue weighted by molar-refractivity contribution is 0.197. The van der Waals surface area contributed by atoms with E-state index < -0.39 is 9.84 Å². The van der Waals surface area contributed by atoms with E-state index in [1.165, 1.54) is 6.26 Å². The van der Waals surface area contributed by atoms with E-state index >= 15 is 0 Å². The van der Waals surface area contributed by atoms with E-state index in [9.17, 15) is 8.42 Å². The smallest absolute Gasteiger partial charge is 0.191 e. The van der Waals surface area contributed by atoms with Crippen LogP contribution in [0.4, 0.5) is 0 Å². The Morgan fingerprint density at radius 2 is 1.88 bits per heavy atom. The van der Waals surface area contributed by atoms with Crippen LogP contribution >= 0.6 is 24.0 Å². The van der Waals surface area contributed by atoms with Crippen molar-refractivity contribution < 1.29 is 13.2 Å². The first kappa shape index (κ1) is 23.1. The quantitative estimate of drug-likeness (QED) is 0.250. The molecule has 0 aliphatic heterocycles. The molecule has 0 atom stereocenters. The molecule has 0 fully saturated rings. The SMILES string of the molecule is CCNC(=NCCCOC)NCCc1ccc(S(C)(=O)=O)cc1.I. The Kier molecular flexibility index (Phi) is 12.0. The van der Waals surface area contributed by atoms with Crippen LogP contribution in [0, 0.1) is 0 Å². The molecule has 0 heterocycles. The molecule has 0 amide bonds. The molecule has 1 aromatic rings. The van der Waals surface area contributed by atoms with Gasteiger partial charge in [0.05, 0.1) is 4.90 Å². The summed E-state index contributed by atoms with van der Waals surface area (Å²) >= 11 is 0. The highest BCUT2D eigenvalue weighted by atomic mass is 127. The van der Waals surface area contributed by atoms with Crippen LogP contribution in [0.1, 0.15) is 18.9 Å². The van der Waals surface area contributed by atoms with Gasteiger partial charge >= 0.3 is 0 Å². The molecule has 138 valence electrons. The topological polar surface area (TPSA) is 79.8 Å². The molecule has 1 rings (SSSR count). The average Bonchev–Trinajstić information content (AvgIpc) is 2.51. The molecule has 0 aromatic heterocycles. The summed E-state index contributed by atoms with van der Waals surface area (Å²) in [4.78, 5) is 4.81. The molecule has 0 radical (unpaired) electrons. The summed E-state index contributed by atoms with van der Waals surface area (Å²) in [5, 5.41) is 6.46. The first-order chi connectivity index (χ1) is 11.0. The van der Waals surface area contributed by atoms with Crippen LogP contribution in [0.25, 0.3) is 0 Å². The van der Waals surface area contributed by atoms with Gasteiger partial charge in [0.2, 0.25) is 0 Å². The van der Waals surface area contributed by atoms with Crippen molar-refractivity contribution in [2.45, 2.75) is 24.7 Å². The molecule has 8 heteroatoms. The minimum atomic E-state index is -3.13. The lowest BCUT2D eigenvalue weighted by Gasteiger charge is -2.11. The van der Waals surface area contributed by atoms with Crippen LogP contribution < -0.4 is 10.6 Å². The lowest BCUT2D eigenvalue weighted by atomic mass is 10.1. The third-order valence-electron chi connectivity index (χ3n) is 3.18. The maximum Gasteiger partial charge on any atom is 0.191 e. The molecule has 6 nitrogen and oxygen atoms in total. The Balaban J connectivity index is 0.00000529. The van der Waals surface area contributed by atoms with Gasteiger partial charge in [-0.15, -0.1) is 24.0 Å². The van der Waals surface area contributed by atoms with Gasteiger partial charge in [-0.1, -0.05) is 12.1 Å². The van der Waals surface area contributed by atoms with E-state index in [0.717, 1.165) is 37.5 Å². The van der Waals surface area contributed by atoms with Gasteiger partial charge in [-0.2, -0.15) is 0 Å². The van der Waals surface area contributed by atoms with E-state index in [2.05, 4.69) is 15.6 Å². The van der Waals surface area contributed by atoms with Gasteiger partial charge in [0, 0.05) is 39.6 Å². The van der Waals surface area contributed by atoms with Crippen molar-refractivity contribution in [1.82, 2.24) is 10.6 Å². The lowest BCUT2D eigenvalue weighted by Crippen LogP contribution is -2.38. The van der Waals surface area contributed by atoms with Crippen LogP contribution in [0.2, 0.25) is 0 Å². The summed E-state index contributed by atoms with van der Waals surface area (Å²) in [6.45, 7) is 4.98. The van der Waals surface area contributed by atoms with Crippen LogP contribution in [0.5, 0.6) is 0 Å².